The second kappa shape index (κ2) is 4.40. The van der Waals surface area contributed by atoms with Crippen LogP contribution >= 0.6 is 11.3 Å². The summed E-state index contributed by atoms with van der Waals surface area (Å²) >= 11 is 1.71. The zero-order chi connectivity index (χ0) is 10.7. The van der Waals surface area contributed by atoms with Gasteiger partial charge in [0.25, 0.3) is 0 Å². The van der Waals surface area contributed by atoms with Crippen molar-refractivity contribution in [3.05, 3.63) is 40.0 Å². The van der Waals surface area contributed by atoms with E-state index in [1.54, 1.807) is 11.3 Å². The maximum absolute atomic E-state index is 4.23. The van der Waals surface area contributed by atoms with Crippen LogP contribution in [0.4, 0.5) is 5.82 Å². The lowest BCUT2D eigenvalue weighted by atomic mass is 10.3. The normalized spacial score (nSPS) is 10.3. The van der Waals surface area contributed by atoms with Crippen molar-refractivity contribution >= 4 is 17.2 Å². The number of pyridine rings is 1. The predicted molar refractivity (Wildman–Crippen MR) is 63.2 cm³/mol. The molecule has 0 unspecified atom stereocenters. The van der Waals surface area contributed by atoms with Crippen molar-refractivity contribution in [3.63, 3.8) is 0 Å². The highest BCUT2D eigenvalue weighted by molar-refractivity contribution is 7.11. The highest BCUT2D eigenvalue weighted by atomic mass is 32.1. The van der Waals surface area contributed by atoms with Gasteiger partial charge in [-0.15, -0.1) is 11.3 Å². The van der Waals surface area contributed by atoms with Crippen LogP contribution in [0.5, 0.6) is 0 Å². The van der Waals surface area contributed by atoms with Crippen LogP contribution in [0.3, 0.4) is 0 Å². The Morgan fingerprint density at radius 3 is 2.87 bits per heavy atom. The van der Waals surface area contributed by atoms with Crippen molar-refractivity contribution in [1.29, 1.82) is 0 Å². The zero-order valence-corrected chi connectivity index (χ0v) is 9.64. The molecule has 78 valence electrons. The molecule has 0 spiro atoms. The van der Waals surface area contributed by atoms with Crippen LogP contribution in [0.25, 0.3) is 0 Å². The number of nitrogens with zero attached hydrogens (tertiary/aromatic N) is 2. The molecule has 0 fully saturated rings. The molecule has 2 aromatic rings. The molecule has 0 bridgehead atoms. The first kappa shape index (κ1) is 10.1. The lowest BCUT2D eigenvalue weighted by Gasteiger charge is -2.03. The summed E-state index contributed by atoms with van der Waals surface area (Å²) in [5.74, 6) is 0.918. The predicted octanol–water partition coefficient (Wildman–Crippen LogP) is 2.77. The molecule has 2 aromatic heterocycles. The first-order valence-electron chi connectivity index (χ1n) is 4.82. The molecule has 1 N–H and O–H groups in total. The van der Waals surface area contributed by atoms with E-state index in [0.717, 1.165) is 17.4 Å². The lowest BCUT2D eigenvalue weighted by molar-refractivity contribution is 1.12. The van der Waals surface area contributed by atoms with Gasteiger partial charge in [0.2, 0.25) is 0 Å². The van der Waals surface area contributed by atoms with Gasteiger partial charge in [-0.3, -0.25) is 0 Å². The van der Waals surface area contributed by atoms with Crippen molar-refractivity contribution in [2.75, 3.05) is 5.32 Å². The van der Waals surface area contributed by atoms with E-state index in [4.69, 9.17) is 0 Å². The molecular formula is C11H13N3S. The average Bonchev–Trinajstić information content (AvgIpc) is 2.62. The van der Waals surface area contributed by atoms with Gasteiger partial charge in [-0.2, -0.15) is 0 Å². The van der Waals surface area contributed by atoms with E-state index in [2.05, 4.69) is 22.2 Å². The molecular weight excluding hydrogens is 206 g/mol. The van der Waals surface area contributed by atoms with Crippen LogP contribution < -0.4 is 5.32 Å². The second-order valence-corrected chi connectivity index (χ2v) is 4.74. The minimum atomic E-state index is 0.794. The summed E-state index contributed by atoms with van der Waals surface area (Å²) < 4.78 is 0. The van der Waals surface area contributed by atoms with E-state index in [1.807, 2.05) is 31.5 Å². The summed E-state index contributed by atoms with van der Waals surface area (Å²) in [7, 11) is 0. The monoisotopic (exact) mass is 219 g/mol. The van der Waals surface area contributed by atoms with Crippen molar-refractivity contribution in [2.45, 2.75) is 20.4 Å². The first-order chi connectivity index (χ1) is 7.24. The Morgan fingerprint density at radius 1 is 1.33 bits per heavy atom. The molecule has 0 aromatic carbocycles. The molecule has 15 heavy (non-hydrogen) atoms. The second-order valence-electron chi connectivity index (χ2n) is 3.42. The van der Waals surface area contributed by atoms with Gasteiger partial charge < -0.3 is 5.32 Å². The first-order valence-corrected chi connectivity index (χ1v) is 5.63. The summed E-state index contributed by atoms with van der Waals surface area (Å²) in [4.78, 5) is 9.67. The van der Waals surface area contributed by atoms with Crippen molar-refractivity contribution in [3.8, 4) is 0 Å². The van der Waals surface area contributed by atoms with E-state index >= 15 is 0 Å². The number of thiazole rings is 1. The Balaban J connectivity index is 1.99. The molecule has 0 aliphatic heterocycles. The fraction of sp³-hybridized carbons (Fsp3) is 0.273. The Hall–Kier alpha value is -1.42. The van der Waals surface area contributed by atoms with E-state index in [9.17, 15) is 0 Å². The third kappa shape index (κ3) is 2.76. The Morgan fingerprint density at radius 2 is 2.20 bits per heavy atom. The van der Waals surface area contributed by atoms with Gasteiger partial charge >= 0.3 is 0 Å². The molecule has 2 heterocycles. The summed E-state index contributed by atoms with van der Waals surface area (Å²) in [5, 5.41) is 4.38. The molecule has 0 saturated heterocycles. The van der Waals surface area contributed by atoms with E-state index < -0.39 is 0 Å². The molecule has 2 rings (SSSR count). The number of anilines is 1. The van der Waals surface area contributed by atoms with Crippen molar-refractivity contribution < 1.29 is 0 Å². The van der Waals surface area contributed by atoms with Gasteiger partial charge in [0.15, 0.2) is 0 Å². The van der Waals surface area contributed by atoms with Gasteiger partial charge in [-0.1, -0.05) is 0 Å². The van der Waals surface area contributed by atoms with Crippen LogP contribution in [0.15, 0.2) is 24.5 Å². The van der Waals surface area contributed by atoms with Gasteiger partial charge in [-0.25, -0.2) is 9.97 Å². The molecule has 0 aliphatic carbocycles. The Labute approximate surface area is 93.2 Å². The Kier molecular flexibility index (Phi) is 2.97. The zero-order valence-electron chi connectivity index (χ0n) is 8.82. The van der Waals surface area contributed by atoms with E-state index in [-0.39, 0.29) is 0 Å². The largest absolute Gasteiger partial charge is 0.365 e. The molecule has 4 heteroatoms. The topological polar surface area (TPSA) is 37.8 Å². The van der Waals surface area contributed by atoms with Crippen LogP contribution in [0, 0.1) is 13.8 Å². The van der Waals surface area contributed by atoms with E-state index in [0.29, 0.717) is 0 Å². The van der Waals surface area contributed by atoms with Gasteiger partial charge in [0.1, 0.15) is 5.82 Å². The maximum atomic E-state index is 4.23. The van der Waals surface area contributed by atoms with Crippen LogP contribution in [-0.4, -0.2) is 9.97 Å². The lowest BCUT2D eigenvalue weighted by Crippen LogP contribution is -1.99. The quantitative estimate of drug-likeness (QED) is 0.862. The summed E-state index contributed by atoms with van der Waals surface area (Å²) in [6, 6.07) is 4.02. The smallest absolute Gasteiger partial charge is 0.126 e. The highest BCUT2D eigenvalue weighted by Gasteiger charge is 1.98. The van der Waals surface area contributed by atoms with Gasteiger partial charge in [0.05, 0.1) is 11.6 Å². The van der Waals surface area contributed by atoms with E-state index in [1.165, 1.54) is 10.4 Å². The number of rotatable bonds is 3. The SMILES string of the molecule is Cc1ccnc(NCc2cnc(C)s2)c1. The van der Waals surface area contributed by atoms with Crippen LogP contribution in [0.2, 0.25) is 0 Å². The van der Waals surface area contributed by atoms with Gasteiger partial charge in [0, 0.05) is 17.3 Å². The third-order valence-corrected chi connectivity index (χ3v) is 2.94. The number of nitrogens with one attached hydrogen (secondary N) is 1. The number of aromatic nitrogens is 2. The van der Waals surface area contributed by atoms with Crippen LogP contribution in [-0.2, 0) is 6.54 Å². The standard InChI is InChI=1S/C11H13N3S/c1-8-3-4-12-11(5-8)14-7-10-6-13-9(2)15-10/h3-6H,7H2,1-2H3,(H,12,14). The fourth-order valence-electron chi connectivity index (χ4n) is 1.30. The highest BCUT2D eigenvalue weighted by Crippen LogP contribution is 2.13. The molecule has 0 aliphatic rings. The molecule has 3 nitrogen and oxygen atoms in total. The fourth-order valence-corrected chi connectivity index (χ4v) is 2.03. The minimum absolute atomic E-state index is 0.794. The van der Waals surface area contributed by atoms with Crippen molar-refractivity contribution in [2.24, 2.45) is 0 Å². The number of hydrogen-bond donors (Lipinski definition) is 1. The summed E-state index contributed by atoms with van der Waals surface area (Å²) in [5.41, 5.74) is 1.22. The molecule has 0 atom stereocenters. The minimum Gasteiger partial charge on any atom is -0.365 e. The third-order valence-electron chi connectivity index (χ3n) is 2.03. The Bertz CT molecular complexity index is 451. The number of aryl methyl sites for hydroxylation is 2. The maximum Gasteiger partial charge on any atom is 0.126 e. The number of hydrogen-bond acceptors (Lipinski definition) is 4. The van der Waals surface area contributed by atoms with Crippen LogP contribution in [0.1, 0.15) is 15.4 Å². The molecule has 0 saturated carbocycles. The molecule has 0 amide bonds. The summed E-state index contributed by atoms with van der Waals surface area (Å²) in [6.07, 6.45) is 3.72. The average molecular weight is 219 g/mol. The summed E-state index contributed by atoms with van der Waals surface area (Å²) in [6.45, 7) is 4.87. The molecule has 0 radical (unpaired) electrons. The van der Waals surface area contributed by atoms with Crippen molar-refractivity contribution in [1.82, 2.24) is 9.97 Å². The van der Waals surface area contributed by atoms with Gasteiger partial charge in [-0.05, 0) is 31.5 Å².